The van der Waals surface area contributed by atoms with Crippen LogP contribution in [0.25, 0.3) is 0 Å². The van der Waals surface area contributed by atoms with Gasteiger partial charge < -0.3 is 4.74 Å². The fraction of sp³-hybridized carbons (Fsp3) is 0.550. The average Bonchev–Trinajstić information content (AvgIpc) is 2.50. The molecule has 1 fully saturated rings. The molecule has 1 saturated heterocycles. The summed E-state index contributed by atoms with van der Waals surface area (Å²) in [6, 6.07) is 2.03. The Morgan fingerprint density at radius 1 is 1.19 bits per heavy atom. The molecule has 142 valence electrons. The van der Waals surface area contributed by atoms with Gasteiger partial charge in [0.25, 0.3) is 0 Å². The van der Waals surface area contributed by atoms with E-state index < -0.39 is 23.1 Å². The average molecular weight is 367 g/mol. The molecular weight excluding hydrogens is 343 g/mol. The third-order valence-corrected chi connectivity index (χ3v) is 4.79. The minimum atomic E-state index is -1.45. The number of hydrogen-bond acceptors (Lipinski definition) is 2. The second-order valence-corrected chi connectivity index (χ2v) is 8.12. The van der Waals surface area contributed by atoms with Crippen molar-refractivity contribution >= 4 is 6.09 Å². The van der Waals surface area contributed by atoms with Gasteiger partial charge in [0, 0.05) is 6.04 Å². The Morgan fingerprint density at radius 3 is 2.42 bits per heavy atom. The van der Waals surface area contributed by atoms with Crippen LogP contribution in [0.3, 0.4) is 0 Å². The zero-order valence-electron chi connectivity index (χ0n) is 15.3. The summed E-state index contributed by atoms with van der Waals surface area (Å²) < 4.78 is 45.6. The number of amides is 1. The van der Waals surface area contributed by atoms with Crippen LogP contribution < -0.4 is 0 Å². The number of piperidine rings is 1. The molecular formula is C20H24F3NO2. The van der Waals surface area contributed by atoms with Crippen molar-refractivity contribution in [2.45, 2.75) is 70.6 Å². The molecule has 2 bridgehead atoms. The third-order valence-electron chi connectivity index (χ3n) is 4.79. The normalized spacial score (nSPS) is 22.8. The van der Waals surface area contributed by atoms with Crippen molar-refractivity contribution in [3.05, 3.63) is 46.8 Å². The van der Waals surface area contributed by atoms with Crippen molar-refractivity contribution in [3.8, 4) is 0 Å². The van der Waals surface area contributed by atoms with Gasteiger partial charge in [0.1, 0.15) is 5.60 Å². The summed E-state index contributed by atoms with van der Waals surface area (Å²) in [4.78, 5) is 14.3. The van der Waals surface area contributed by atoms with Crippen molar-refractivity contribution in [2.75, 3.05) is 0 Å². The van der Waals surface area contributed by atoms with Crippen LogP contribution in [0.4, 0.5) is 18.0 Å². The first-order valence-corrected chi connectivity index (χ1v) is 8.98. The molecule has 3 nitrogen and oxygen atoms in total. The van der Waals surface area contributed by atoms with Gasteiger partial charge in [0.2, 0.25) is 0 Å². The Morgan fingerprint density at radius 2 is 1.85 bits per heavy atom. The highest BCUT2D eigenvalue weighted by Crippen LogP contribution is 2.35. The largest absolute Gasteiger partial charge is 0.444 e. The molecule has 2 unspecified atom stereocenters. The van der Waals surface area contributed by atoms with E-state index in [4.69, 9.17) is 4.74 Å². The number of benzene rings is 1. The van der Waals surface area contributed by atoms with Gasteiger partial charge in [-0.2, -0.15) is 0 Å². The van der Waals surface area contributed by atoms with Crippen LogP contribution in [-0.2, 0) is 11.2 Å². The van der Waals surface area contributed by atoms with E-state index in [-0.39, 0.29) is 18.2 Å². The number of fused-ring (bicyclic) bond motifs is 2. The molecule has 2 heterocycles. The van der Waals surface area contributed by atoms with Gasteiger partial charge in [-0.1, -0.05) is 11.6 Å². The van der Waals surface area contributed by atoms with Crippen molar-refractivity contribution in [1.29, 1.82) is 0 Å². The van der Waals surface area contributed by atoms with E-state index in [1.807, 2.05) is 26.8 Å². The monoisotopic (exact) mass is 367 g/mol. The Hall–Kier alpha value is -1.98. The quantitative estimate of drug-likeness (QED) is 0.535. The number of halogens is 3. The third kappa shape index (κ3) is 4.05. The van der Waals surface area contributed by atoms with Crippen LogP contribution in [-0.4, -0.2) is 28.7 Å². The van der Waals surface area contributed by atoms with E-state index in [0.29, 0.717) is 18.4 Å². The number of ether oxygens (including phenoxy) is 1. The number of carbonyl (C=O) groups excluding carboxylic acids is 1. The lowest BCUT2D eigenvalue weighted by molar-refractivity contribution is -0.00150. The maximum atomic E-state index is 13.4. The zero-order chi connectivity index (χ0) is 19.1. The van der Waals surface area contributed by atoms with Gasteiger partial charge in [-0.05, 0) is 70.6 Å². The highest BCUT2D eigenvalue weighted by Gasteiger charge is 2.39. The molecule has 0 radical (unpaired) electrons. The SMILES string of the molecule is CC(C)(C)OC(=O)N1C2C=C(Cc3cc(F)c(F)c(F)c3)CC1CCC2. The Balaban J connectivity index is 1.79. The van der Waals surface area contributed by atoms with Crippen LogP contribution in [0.5, 0.6) is 0 Å². The Labute approximate surface area is 151 Å². The first-order valence-electron chi connectivity index (χ1n) is 8.98. The Bertz CT molecular complexity index is 716. The lowest BCUT2D eigenvalue weighted by Crippen LogP contribution is -2.53. The first kappa shape index (κ1) is 18.8. The number of nitrogens with zero attached hydrogens (tertiary/aromatic N) is 1. The molecule has 0 aliphatic carbocycles. The molecule has 0 saturated carbocycles. The summed E-state index contributed by atoms with van der Waals surface area (Å²) in [6.07, 6.45) is 5.41. The van der Waals surface area contributed by atoms with Crippen LogP contribution >= 0.6 is 0 Å². The molecule has 1 aromatic carbocycles. The summed E-state index contributed by atoms with van der Waals surface area (Å²) in [7, 11) is 0. The molecule has 2 aliphatic heterocycles. The summed E-state index contributed by atoms with van der Waals surface area (Å²) in [5, 5.41) is 0. The lowest BCUT2D eigenvalue weighted by atomic mass is 9.83. The maximum absolute atomic E-state index is 13.4. The predicted octanol–water partition coefficient (Wildman–Crippen LogP) is 5.13. The Kier molecular flexibility index (Phi) is 5.04. The number of hydrogen-bond donors (Lipinski definition) is 0. The molecule has 0 spiro atoms. The highest BCUT2D eigenvalue weighted by molar-refractivity contribution is 5.70. The van der Waals surface area contributed by atoms with E-state index in [0.717, 1.165) is 37.0 Å². The second kappa shape index (κ2) is 6.97. The smallest absolute Gasteiger partial charge is 0.411 e. The molecule has 1 aromatic rings. The van der Waals surface area contributed by atoms with Crippen molar-refractivity contribution in [2.24, 2.45) is 0 Å². The van der Waals surface area contributed by atoms with Gasteiger partial charge in [-0.3, -0.25) is 4.90 Å². The molecule has 2 atom stereocenters. The van der Waals surface area contributed by atoms with Gasteiger partial charge in [0.05, 0.1) is 6.04 Å². The summed E-state index contributed by atoms with van der Waals surface area (Å²) in [5.41, 5.74) is 0.861. The van der Waals surface area contributed by atoms with Gasteiger partial charge in [-0.25, -0.2) is 18.0 Å². The lowest BCUT2D eigenvalue weighted by Gasteiger charge is -2.45. The predicted molar refractivity (Wildman–Crippen MR) is 92.2 cm³/mol. The fourth-order valence-corrected chi connectivity index (χ4v) is 3.82. The topological polar surface area (TPSA) is 29.5 Å². The van der Waals surface area contributed by atoms with Gasteiger partial charge in [-0.15, -0.1) is 0 Å². The highest BCUT2D eigenvalue weighted by atomic mass is 19.2. The molecule has 2 aliphatic rings. The molecule has 0 aromatic heterocycles. The standard InChI is InChI=1S/C20H24F3NO2/c1-20(2,3)26-19(25)24-14-5-4-6-15(24)9-12(8-14)7-13-10-16(21)18(23)17(22)11-13/h8,10-11,14-15H,4-7,9H2,1-3H3. The van der Waals surface area contributed by atoms with Gasteiger partial charge in [0.15, 0.2) is 17.5 Å². The van der Waals surface area contributed by atoms with Crippen molar-refractivity contribution < 1.29 is 22.7 Å². The van der Waals surface area contributed by atoms with Gasteiger partial charge >= 0.3 is 6.09 Å². The fourth-order valence-electron chi connectivity index (χ4n) is 3.82. The zero-order valence-corrected chi connectivity index (χ0v) is 15.3. The maximum Gasteiger partial charge on any atom is 0.411 e. The van der Waals surface area contributed by atoms with Crippen molar-refractivity contribution in [3.63, 3.8) is 0 Å². The van der Waals surface area contributed by atoms with E-state index in [1.54, 1.807) is 4.90 Å². The molecule has 26 heavy (non-hydrogen) atoms. The number of carbonyl (C=O) groups is 1. The van der Waals surface area contributed by atoms with E-state index in [2.05, 4.69) is 0 Å². The summed E-state index contributed by atoms with van der Waals surface area (Å²) >= 11 is 0. The molecule has 1 amide bonds. The van der Waals surface area contributed by atoms with Crippen LogP contribution in [0.2, 0.25) is 0 Å². The van der Waals surface area contributed by atoms with E-state index in [1.165, 1.54) is 0 Å². The van der Waals surface area contributed by atoms with E-state index in [9.17, 15) is 18.0 Å². The molecule has 0 N–H and O–H groups in total. The first-order chi connectivity index (χ1) is 12.1. The molecule has 6 heteroatoms. The van der Waals surface area contributed by atoms with Crippen LogP contribution in [0.1, 0.15) is 52.0 Å². The second-order valence-electron chi connectivity index (χ2n) is 8.12. The van der Waals surface area contributed by atoms with Crippen LogP contribution in [0.15, 0.2) is 23.8 Å². The van der Waals surface area contributed by atoms with Crippen molar-refractivity contribution in [1.82, 2.24) is 4.90 Å². The minimum absolute atomic E-state index is 0.0266. The van der Waals surface area contributed by atoms with Crippen LogP contribution in [0, 0.1) is 17.5 Å². The number of rotatable bonds is 2. The minimum Gasteiger partial charge on any atom is -0.444 e. The summed E-state index contributed by atoms with van der Waals surface area (Å²) in [6.45, 7) is 5.51. The van der Waals surface area contributed by atoms with E-state index >= 15 is 0 Å². The molecule has 3 rings (SSSR count). The summed E-state index contributed by atoms with van der Waals surface area (Å²) in [5.74, 6) is -3.79.